The number of nitrogens with one attached hydrogen (secondary N) is 2. The Labute approximate surface area is 139 Å². The van der Waals surface area contributed by atoms with Gasteiger partial charge in [-0.05, 0) is 32.4 Å². The molecular formula is C17H19N7. The summed E-state index contributed by atoms with van der Waals surface area (Å²) >= 11 is 0. The lowest BCUT2D eigenvalue weighted by atomic mass is 10.2. The van der Waals surface area contributed by atoms with Crippen LogP contribution in [0.2, 0.25) is 0 Å². The number of anilines is 1. The zero-order valence-corrected chi connectivity index (χ0v) is 13.9. The van der Waals surface area contributed by atoms with Crippen molar-refractivity contribution in [2.45, 2.75) is 33.2 Å². The average molecular weight is 321 g/mol. The van der Waals surface area contributed by atoms with Gasteiger partial charge in [0.2, 0.25) is 5.95 Å². The summed E-state index contributed by atoms with van der Waals surface area (Å²) in [6.07, 6.45) is 6.69. The maximum atomic E-state index is 4.64. The second-order valence-electron chi connectivity index (χ2n) is 6.02. The van der Waals surface area contributed by atoms with E-state index in [0.717, 1.165) is 40.1 Å². The van der Waals surface area contributed by atoms with Crippen LogP contribution in [0.1, 0.15) is 26.0 Å². The number of H-pyrrole nitrogens is 1. The van der Waals surface area contributed by atoms with Crippen molar-refractivity contribution in [3.63, 3.8) is 0 Å². The maximum absolute atomic E-state index is 4.64. The molecule has 0 aliphatic carbocycles. The van der Waals surface area contributed by atoms with Crippen LogP contribution in [0.25, 0.3) is 27.9 Å². The van der Waals surface area contributed by atoms with Gasteiger partial charge in [-0.15, -0.1) is 0 Å². The molecule has 7 heteroatoms. The van der Waals surface area contributed by atoms with Crippen LogP contribution >= 0.6 is 0 Å². The summed E-state index contributed by atoms with van der Waals surface area (Å²) in [5.41, 5.74) is 4.43. The molecule has 0 amide bonds. The van der Waals surface area contributed by atoms with Gasteiger partial charge in [-0.2, -0.15) is 10.1 Å². The zero-order valence-electron chi connectivity index (χ0n) is 13.9. The minimum atomic E-state index is 0.338. The van der Waals surface area contributed by atoms with E-state index in [0.29, 0.717) is 12.0 Å². The standard InChI is InChI=1S/C17H19N7/c1-4-10(2)21-17-19-8-13-12(7-18-16(13)22-17)14-5-6-15-20-11(3)9-24(15)23-14/h5-10H,4H2,1-3H3,(H2,18,19,21,22). The van der Waals surface area contributed by atoms with E-state index in [9.17, 15) is 0 Å². The molecule has 0 aliphatic heterocycles. The van der Waals surface area contributed by atoms with Crippen molar-refractivity contribution in [1.29, 1.82) is 0 Å². The van der Waals surface area contributed by atoms with Crippen LogP contribution in [-0.2, 0) is 0 Å². The van der Waals surface area contributed by atoms with Crippen LogP contribution in [0.4, 0.5) is 5.95 Å². The lowest BCUT2D eigenvalue weighted by molar-refractivity contribution is 0.754. The fraction of sp³-hybridized carbons (Fsp3) is 0.294. The van der Waals surface area contributed by atoms with Crippen molar-refractivity contribution in [2.75, 3.05) is 5.32 Å². The van der Waals surface area contributed by atoms with Crippen molar-refractivity contribution in [2.24, 2.45) is 0 Å². The number of imidazole rings is 1. The van der Waals surface area contributed by atoms with Gasteiger partial charge in [-0.1, -0.05) is 6.92 Å². The van der Waals surface area contributed by atoms with Gasteiger partial charge in [0, 0.05) is 29.4 Å². The molecule has 2 N–H and O–H groups in total. The van der Waals surface area contributed by atoms with Crippen molar-refractivity contribution >= 4 is 22.6 Å². The Kier molecular flexibility index (Phi) is 3.41. The van der Waals surface area contributed by atoms with Gasteiger partial charge in [0.1, 0.15) is 5.65 Å². The molecule has 4 heterocycles. The van der Waals surface area contributed by atoms with Gasteiger partial charge < -0.3 is 10.3 Å². The first kappa shape index (κ1) is 14.6. The fourth-order valence-corrected chi connectivity index (χ4v) is 2.66. The topological polar surface area (TPSA) is 83.8 Å². The van der Waals surface area contributed by atoms with Crippen LogP contribution in [-0.4, -0.2) is 35.6 Å². The normalized spacial score (nSPS) is 12.8. The van der Waals surface area contributed by atoms with Gasteiger partial charge in [-0.3, -0.25) is 0 Å². The first-order valence-electron chi connectivity index (χ1n) is 8.08. The highest BCUT2D eigenvalue weighted by molar-refractivity contribution is 5.92. The van der Waals surface area contributed by atoms with Gasteiger partial charge in [0.25, 0.3) is 0 Å². The Balaban J connectivity index is 1.75. The highest BCUT2D eigenvalue weighted by atomic mass is 15.2. The molecular weight excluding hydrogens is 302 g/mol. The molecule has 0 fully saturated rings. The summed E-state index contributed by atoms with van der Waals surface area (Å²) in [7, 11) is 0. The Morgan fingerprint density at radius 3 is 3.00 bits per heavy atom. The Morgan fingerprint density at radius 1 is 1.29 bits per heavy atom. The third-order valence-electron chi connectivity index (χ3n) is 4.14. The molecule has 122 valence electrons. The number of aryl methyl sites for hydroxylation is 1. The molecule has 4 aromatic heterocycles. The molecule has 7 nitrogen and oxygen atoms in total. The molecule has 1 unspecified atom stereocenters. The molecule has 0 saturated carbocycles. The quantitative estimate of drug-likeness (QED) is 0.603. The summed E-state index contributed by atoms with van der Waals surface area (Å²) < 4.78 is 1.79. The smallest absolute Gasteiger partial charge is 0.224 e. The van der Waals surface area contributed by atoms with E-state index in [1.54, 1.807) is 4.52 Å². The number of aromatic amines is 1. The summed E-state index contributed by atoms with van der Waals surface area (Å²) in [5, 5.41) is 8.88. The number of hydrogen-bond acceptors (Lipinski definition) is 5. The number of aromatic nitrogens is 6. The minimum absolute atomic E-state index is 0.338. The monoisotopic (exact) mass is 321 g/mol. The summed E-state index contributed by atoms with van der Waals surface area (Å²) in [5.74, 6) is 0.638. The molecule has 0 aliphatic rings. The van der Waals surface area contributed by atoms with Crippen LogP contribution < -0.4 is 5.32 Å². The molecule has 1 atom stereocenters. The molecule has 0 spiro atoms. The summed E-state index contributed by atoms with van der Waals surface area (Å²) in [4.78, 5) is 16.6. The summed E-state index contributed by atoms with van der Waals surface area (Å²) in [6, 6.07) is 4.27. The van der Waals surface area contributed by atoms with Crippen LogP contribution in [0.15, 0.2) is 30.7 Å². The fourth-order valence-electron chi connectivity index (χ4n) is 2.66. The highest BCUT2D eigenvalue weighted by Crippen LogP contribution is 2.26. The Hall–Kier alpha value is -2.96. The molecule has 4 rings (SSSR count). The predicted molar refractivity (Wildman–Crippen MR) is 94.0 cm³/mol. The van der Waals surface area contributed by atoms with E-state index in [-0.39, 0.29) is 0 Å². The maximum Gasteiger partial charge on any atom is 0.224 e. The van der Waals surface area contributed by atoms with E-state index in [4.69, 9.17) is 0 Å². The molecule has 24 heavy (non-hydrogen) atoms. The second-order valence-corrected chi connectivity index (χ2v) is 6.02. The third kappa shape index (κ3) is 2.47. The minimum Gasteiger partial charge on any atom is -0.352 e. The van der Waals surface area contributed by atoms with Crippen LogP contribution in [0.3, 0.4) is 0 Å². The number of rotatable bonds is 4. The van der Waals surface area contributed by atoms with E-state index in [1.165, 1.54) is 0 Å². The number of fused-ring (bicyclic) bond motifs is 2. The molecule has 0 bridgehead atoms. The largest absolute Gasteiger partial charge is 0.352 e. The van der Waals surface area contributed by atoms with Gasteiger partial charge in [0.15, 0.2) is 5.65 Å². The van der Waals surface area contributed by atoms with Gasteiger partial charge in [0.05, 0.1) is 17.6 Å². The van der Waals surface area contributed by atoms with Gasteiger partial charge >= 0.3 is 0 Å². The van der Waals surface area contributed by atoms with E-state index < -0.39 is 0 Å². The molecule has 0 saturated heterocycles. The molecule has 4 aromatic rings. The zero-order chi connectivity index (χ0) is 16.7. The number of hydrogen-bond donors (Lipinski definition) is 2. The Morgan fingerprint density at radius 2 is 2.17 bits per heavy atom. The van der Waals surface area contributed by atoms with E-state index in [1.807, 2.05) is 37.6 Å². The first-order valence-corrected chi connectivity index (χ1v) is 8.08. The summed E-state index contributed by atoms with van der Waals surface area (Å²) in [6.45, 7) is 6.20. The predicted octanol–water partition coefficient (Wildman–Crippen LogP) is 3.19. The third-order valence-corrected chi connectivity index (χ3v) is 4.14. The molecule has 0 radical (unpaired) electrons. The lowest BCUT2D eigenvalue weighted by Gasteiger charge is -2.10. The lowest BCUT2D eigenvalue weighted by Crippen LogP contribution is -2.15. The Bertz CT molecular complexity index is 1010. The number of nitrogens with zero attached hydrogens (tertiary/aromatic N) is 5. The van der Waals surface area contributed by atoms with Gasteiger partial charge in [-0.25, -0.2) is 14.5 Å². The van der Waals surface area contributed by atoms with Crippen molar-refractivity contribution < 1.29 is 0 Å². The molecule has 0 aromatic carbocycles. The van der Waals surface area contributed by atoms with Crippen molar-refractivity contribution in [3.8, 4) is 11.3 Å². The average Bonchev–Trinajstić information content (AvgIpc) is 3.15. The highest BCUT2D eigenvalue weighted by Gasteiger charge is 2.12. The van der Waals surface area contributed by atoms with E-state index in [2.05, 4.69) is 44.2 Å². The first-order chi connectivity index (χ1) is 11.6. The van der Waals surface area contributed by atoms with Crippen LogP contribution in [0, 0.1) is 6.92 Å². The SMILES string of the molecule is CCC(C)Nc1ncc2c(-c3ccc4nc(C)cn4n3)c[nH]c2n1. The van der Waals surface area contributed by atoms with Crippen molar-refractivity contribution in [3.05, 3.63) is 36.4 Å². The second kappa shape index (κ2) is 5.59. The van der Waals surface area contributed by atoms with Crippen LogP contribution in [0.5, 0.6) is 0 Å². The van der Waals surface area contributed by atoms with Crippen molar-refractivity contribution in [1.82, 2.24) is 29.5 Å². The van der Waals surface area contributed by atoms with E-state index >= 15 is 0 Å².